The monoisotopic (exact) mass is 360 g/mol. The predicted octanol–water partition coefficient (Wildman–Crippen LogP) is 2.33. The van der Waals surface area contributed by atoms with Crippen LogP contribution in [-0.2, 0) is 23.0 Å². The van der Waals surface area contributed by atoms with E-state index in [1.54, 1.807) is 28.6 Å². The third kappa shape index (κ3) is 3.77. The van der Waals surface area contributed by atoms with Crippen molar-refractivity contribution in [3.8, 4) is 0 Å². The molecule has 0 radical (unpaired) electrons. The van der Waals surface area contributed by atoms with E-state index in [0.717, 1.165) is 37.5 Å². The van der Waals surface area contributed by atoms with Gasteiger partial charge in [0, 0.05) is 26.1 Å². The summed E-state index contributed by atoms with van der Waals surface area (Å²) in [6, 6.07) is 8.71. The van der Waals surface area contributed by atoms with Crippen molar-refractivity contribution in [2.45, 2.75) is 43.5 Å². The van der Waals surface area contributed by atoms with Gasteiger partial charge in [0.1, 0.15) is 12.2 Å². The Bertz CT molecular complexity index is 807. The van der Waals surface area contributed by atoms with Gasteiger partial charge in [0.05, 0.1) is 4.90 Å². The van der Waals surface area contributed by atoms with Gasteiger partial charge in [-0.3, -0.25) is 0 Å². The highest BCUT2D eigenvalue weighted by Crippen LogP contribution is 2.31. The Kier molecular flexibility index (Phi) is 4.60. The van der Waals surface area contributed by atoms with Crippen molar-refractivity contribution in [3.63, 3.8) is 0 Å². The lowest BCUT2D eigenvalue weighted by Crippen LogP contribution is -2.39. The fraction of sp³-hybridized carbons (Fsp3) is 0.556. The second kappa shape index (κ2) is 6.88. The normalized spacial score (nSPS) is 20.0. The molecule has 1 aromatic heterocycles. The van der Waals surface area contributed by atoms with Gasteiger partial charge in [-0.15, -0.1) is 10.2 Å². The summed E-state index contributed by atoms with van der Waals surface area (Å²) >= 11 is 0. The van der Waals surface area contributed by atoms with Gasteiger partial charge in [0.15, 0.2) is 0 Å². The number of aromatic nitrogens is 3. The Hall–Kier alpha value is -1.73. The summed E-state index contributed by atoms with van der Waals surface area (Å²) in [4.78, 5) is 0.387. The predicted molar refractivity (Wildman–Crippen MR) is 94.4 cm³/mol. The summed E-state index contributed by atoms with van der Waals surface area (Å²) in [6.07, 6.45) is 7.11. The lowest BCUT2D eigenvalue weighted by Gasteiger charge is -2.31. The van der Waals surface area contributed by atoms with E-state index >= 15 is 0 Å². The van der Waals surface area contributed by atoms with E-state index in [1.807, 2.05) is 12.4 Å². The highest BCUT2D eigenvalue weighted by molar-refractivity contribution is 7.89. The van der Waals surface area contributed by atoms with Gasteiger partial charge >= 0.3 is 0 Å². The molecule has 0 atom stereocenters. The Balaban J connectivity index is 1.36. The molecule has 1 aliphatic carbocycles. The topological polar surface area (TPSA) is 68.1 Å². The van der Waals surface area contributed by atoms with Crippen LogP contribution in [0.3, 0.4) is 0 Å². The Morgan fingerprint density at radius 1 is 1.00 bits per heavy atom. The molecule has 2 heterocycles. The maximum atomic E-state index is 12.7. The summed E-state index contributed by atoms with van der Waals surface area (Å²) in [7, 11) is -3.36. The molecular formula is C18H24N4O2S. The summed E-state index contributed by atoms with van der Waals surface area (Å²) < 4.78 is 29.2. The van der Waals surface area contributed by atoms with Crippen LogP contribution in [0.25, 0.3) is 0 Å². The van der Waals surface area contributed by atoms with Crippen LogP contribution >= 0.6 is 0 Å². The first-order valence-electron chi connectivity index (χ1n) is 9.05. The smallest absolute Gasteiger partial charge is 0.243 e. The van der Waals surface area contributed by atoms with E-state index < -0.39 is 10.0 Å². The van der Waals surface area contributed by atoms with Crippen LogP contribution in [0, 0.1) is 11.8 Å². The van der Waals surface area contributed by atoms with Crippen LogP contribution in [0.2, 0.25) is 0 Å². The first kappa shape index (κ1) is 16.7. The zero-order valence-corrected chi connectivity index (χ0v) is 15.1. The van der Waals surface area contributed by atoms with E-state index in [1.165, 1.54) is 12.8 Å². The van der Waals surface area contributed by atoms with Crippen molar-refractivity contribution in [2.24, 2.45) is 11.8 Å². The molecule has 6 nitrogen and oxygen atoms in total. The van der Waals surface area contributed by atoms with Crippen LogP contribution in [0.5, 0.6) is 0 Å². The van der Waals surface area contributed by atoms with Crippen molar-refractivity contribution < 1.29 is 8.42 Å². The molecule has 1 saturated carbocycles. The number of piperidine rings is 1. The Morgan fingerprint density at radius 3 is 2.40 bits per heavy atom. The molecule has 1 aliphatic heterocycles. The Labute approximate surface area is 148 Å². The molecule has 134 valence electrons. The molecule has 0 unspecified atom stereocenters. The third-order valence-corrected chi connectivity index (χ3v) is 7.19. The highest BCUT2D eigenvalue weighted by Gasteiger charge is 2.30. The third-order valence-electron chi connectivity index (χ3n) is 5.27. The first-order chi connectivity index (χ1) is 12.1. The van der Waals surface area contributed by atoms with Gasteiger partial charge in [-0.25, -0.2) is 8.42 Å². The molecule has 25 heavy (non-hydrogen) atoms. The van der Waals surface area contributed by atoms with Gasteiger partial charge in [0.2, 0.25) is 10.0 Å². The van der Waals surface area contributed by atoms with Crippen molar-refractivity contribution in [2.75, 3.05) is 13.1 Å². The van der Waals surface area contributed by atoms with E-state index in [0.29, 0.717) is 23.9 Å². The summed E-state index contributed by atoms with van der Waals surface area (Å²) in [5.74, 6) is 2.33. The number of sulfonamides is 1. The lowest BCUT2D eigenvalue weighted by atomic mass is 9.94. The number of rotatable bonds is 6. The highest BCUT2D eigenvalue weighted by atomic mass is 32.2. The number of hydrogen-bond acceptors (Lipinski definition) is 4. The minimum atomic E-state index is -3.36. The molecule has 7 heteroatoms. The minimum absolute atomic E-state index is 0.387. The zero-order valence-electron chi connectivity index (χ0n) is 14.3. The van der Waals surface area contributed by atoms with Gasteiger partial charge in [-0.2, -0.15) is 4.31 Å². The minimum Gasteiger partial charge on any atom is -0.317 e. The number of hydrogen-bond donors (Lipinski definition) is 0. The van der Waals surface area contributed by atoms with Crippen molar-refractivity contribution in [1.82, 2.24) is 19.1 Å². The van der Waals surface area contributed by atoms with Crippen molar-refractivity contribution >= 4 is 10.0 Å². The van der Waals surface area contributed by atoms with Gasteiger partial charge in [-0.1, -0.05) is 18.2 Å². The average Bonchev–Trinajstić information content (AvgIpc) is 3.35. The standard InChI is InChI=1S/C18H24N4O2S/c23-25(24,17-4-2-1-3-5-17)22-10-8-15(9-11-22)12-18-20-19-14-21(18)13-16-6-7-16/h1-5,14-16H,6-13H2. The molecule has 1 aromatic carbocycles. The summed E-state index contributed by atoms with van der Waals surface area (Å²) in [5.41, 5.74) is 0. The largest absolute Gasteiger partial charge is 0.317 e. The summed E-state index contributed by atoms with van der Waals surface area (Å²) in [5, 5.41) is 8.36. The Morgan fingerprint density at radius 2 is 1.72 bits per heavy atom. The fourth-order valence-electron chi connectivity index (χ4n) is 3.52. The van der Waals surface area contributed by atoms with Gasteiger partial charge in [-0.05, 0) is 49.7 Å². The van der Waals surface area contributed by atoms with Crippen LogP contribution in [0.15, 0.2) is 41.6 Å². The maximum Gasteiger partial charge on any atom is 0.243 e. The van der Waals surface area contributed by atoms with Crippen molar-refractivity contribution in [3.05, 3.63) is 42.5 Å². The lowest BCUT2D eigenvalue weighted by molar-refractivity contribution is 0.268. The molecule has 4 rings (SSSR count). The van der Waals surface area contributed by atoms with Crippen molar-refractivity contribution in [1.29, 1.82) is 0 Å². The molecule has 0 amide bonds. The maximum absolute atomic E-state index is 12.7. The van der Waals surface area contributed by atoms with Gasteiger partial charge in [0.25, 0.3) is 0 Å². The SMILES string of the molecule is O=S(=O)(c1ccccc1)N1CCC(Cc2nncn2CC2CC2)CC1. The quantitative estimate of drug-likeness (QED) is 0.793. The van der Waals surface area contributed by atoms with E-state index in [9.17, 15) is 8.42 Å². The average molecular weight is 360 g/mol. The molecule has 0 N–H and O–H groups in total. The number of nitrogens with zero attached hydrogens (tertiary/aromatic N) is 4. The van der Waals surface area contributed by atoms with Crippen LogP contribution in [0.1, 0.15) is 31.5 Å². The molecular weight excluding hydrogens is 336 g/mol. The van der Waals surface area contributed by atoms with Gasteiger partial charge < -0.3 is 4.57 Å². The fourth-order valence-corrected chi connectivity index (χ4v) is 5.01. The number of benzene rings is 1. The van der Waals surface area contributed by atoms with Crippen LogP contribution in [-0.4, -0.2) is 40.6 Å². The molecule has 2 aromatic rings. The van der Waals surface area contributed by atoms with Crippen LogP contribution in [0.4, 0.5) is 0 Å². The molecule has 2 aliphatic rings. The van der Waals surface area contributed by atoms with E-state index in [4.69, 9.17) is 0 Å². The first-order valence-corrected chi connectivity index (χ1v) is 10.5. The molecule has 0 spiro atoms. The molecule has 0 bridgehead atoms. The summed E-state index contributed by atoms with van der Waals surface area (Å²) in [6.45, 7) is 2.20. The molecule has 1 saturated heterocycles. The van der Waals surface area contributed by atoms with E-state index in [2.05, 4.69) is 14.8 Å². The molecule has 2 fully saturated rings. The second-order valence-corrected chi connectivity index (χ2v) is 9.15. The second-order valence-electron chi connectivity index (χ2n) is 7.21. The zero-order chi connectivity index (χ0) is 17.3. The van der Waals surface area contributed by atoms with Crippen LogP contribution < -0.4 is 0 Å². The van der Waals surface area contributed by atoms with E-state index in [-0.39, 0.29) is 0 Å².